The second-order valence-corrected chi connectivity index (χ2v) is 3.90. The summed E-state index contributed by atoms with van der Waals surface area (Å²) in [4.78, 5) is 37.1. The van der Waals surface area contributed by atoms with E-state index in [9.17, 15) is 14.4 Å². The highest BCUT2D eigenvalue weighted by Crippen LogP contribution is 2.09. The number of carbonyl (C=O) groups is 3. The van der Waals surface area contributed by atoms with Gasteiger partial charge in [0.2, 0.25) is 0 Å². The van der Waals surface area contributed by atoms with Gasteiger partial charge < -0.3 is 10.3 Å². The lowest BCUT2D eigenvalue weighted by Crippen LogP contribution is -2.40. The van der Waals surface area contributed by atoms with E-state index in [0.29, 0.717) is 5.02 Å². The molecule has 0 fully saturated rings. The molecule has 0 aliphatic rings. The van der Waals surface area contributed by atoms with Crippen LogP contribution < -0.4 is 5.32 Å². The number of ether oxygens (including phenoxy) is 1. The molecule has 0 unspecified atom stereocenters. The van der Waals surface area contributed by atoms with Gasteiger partial charge in [-0.15, -0.1) is 0 Å². The number of hydrogen-bond donors (Lipinski definition) is 1. The van der Waals surface area contributed by atoms with Crippen LogP contribution in [0, 0.1) is 0 Å². The molecule has 20 heavy (non-hydrogen) atoms. The van der Waals surface area contributed by atoms with Crippen molar-refractivity contribution in [3.8, 4) is 0 Å². The number of rotatable bonds is 4. The minimum Gasteiger partial charge on any atom is -0.457 e. The van der Waals surface area contributed by atoms with Crippen LogP contribution in [-0.2, 0) is 14.3 Å². The SMILES string of the molecule is CCOC(=O)C(=[N+]=[N-])C(=O)NC(=O)c1ccc(Cl)cc1. The standard InChI is InChI=1S/C12H10ClN3O4/c1-2-20-12(19)9(16-14)11(18)15-10(17)7-3-5-8(13)6-4-7/h3-6H,2H2,1H3,(H,15,17,18). The summed E-state index contributed by atoms with van der Waals surface area (Å²) in [5.74, 6) is -3.06. The van der Waals surface area contributed by atoms with Crippen LogP contribution in [0.5, 0.6) is 0 Å². The highest BCUT2D eigenvalue weighted by atomic mass is 35.5. The zero-order chi connectivity index (χ0) is 15.1. The number of amides is 2. The third-order valence-corrected chi connectivity index (χ3v) is 2.37. The predicted molar refractivity (Wildman–Crippen MR) is 69.2 cm³/mol. The Bertz CT molecular complexity index is 591. The summed E-state index contributed by atoms with van der Waals surface area (Å²) in [5.41, 5.74) is 7.86. The molecular weight excluding hydrogens is 286 g/mol. The van der Waals surface area contributed by atoms with Gasteiger partial charge in [0.1, 0.15) is 0 Å². The summed E-state index contributed by atoms with van der Waals surface area (Å²) in [6.07, 6.45) is 0. The van der Waals surface area contributed by atoms with Crippen molar-refractivity contribution < 1.29 is 23.9 Å². The molecule has 0 aromatic heterocycles. The Balaban J connectivity index is 2.79. The van der Waals surface area contributed by atoms with Gasteiger partial charge in [0, 0.05) is 10.6 Å². The molecule has 104 valence electrons. The molecule has 0 spiro atoms. The molecule has 0 aliphatic heterocycles. The number of hydrogen-bond acceptors (Lipinski definition) is 4. The van der Waals surface area contributed by atoms with E-state index in [1.807, 2.05) is 5.32 Å². The third kappa shape index (κ3) is 4.01. The van der Waals surface area contributed by atoms with E-state index in [4.69, 9.17) is 17.1 Å². The van der Waals surface area contributed by atoms with Crippen LogP contribution in [0.15, 0.2) is 24.3 Å². The third-order valence-electron chi connectivity index (χ3n) is 2.12. The fraction of sp³-hybridized carbons (Fsp3) is 0.167. The van der Waals surface area contributed by atoms with E-state index in [2.05, 4.69) is 9.53 Å². The summed E-state index contributed by atoms with van der Waals surface area (Å²) < 4.78 is 4.50. The molecule has 7 nitrogen and oxygen atoms in total. The first-order valence-corrected chi connectivity index (χ1v) is 5.87. The van der Waals surface area contributed by atoms with Crippen molar-refractivity contribution in [3.63, 3.8) is 0 Å². The van der Waals surface area contributed by atoms with Crippen LogP contribution in [0.4, 0.5) is 0 Å². The Kier molecular flexibility index (Phi) is 5.58. The first-order chi connectivity index (χ1) is 9.49. The second kappa shape index (κ2) is 7.18. The maximum absolute atomic E-state index is 11.7. The first-order valence-electron chi connectivity index (χ1n) is 5.50. The predicted octanol–water partition coefficient (Wildman–Crippen LogP) is 0.830. The van der Waals surface area contributed by atoms with Gasteiger partial charge in [-0.2, -0.15) is 4.79 Å². The van der Waals surface area contributed by atoms with Gasteiger partial charge in [-0.05, 0) is 31.2 Å². The van der Waals surface area contributed by atoms with Crippen molar-refractivity contribution in [1.82, 2.24) is 5.32 Å². The summed E-state index contributed by atoms with van der Waals surface area (Å²) in [5, 5.41) is 2.32. The maximum atomic E-state index is 11.7. The quantitative estimate of drug-likeness (QED) is 0.292. The molecule has 0 bridgehead atoms. The van der Waals surface area contributed by atoms with Crippen molar-refractivity contribution in [1.29, 1.82) is 0 Å². The molecular formula is C12H10ClN3O4. The molecule has 0 atom stereocenters. The van der Waals surface area contributed by atoms with Gasteiger partial charge in [-0.3, -0.25) is 14.9 Å². The molecule has 1 rings (SSSR count). The van der Waals surface area contributed by atoms with Crippen LogP contribution >= 0.6 is 11.6 Å². The summed E-state index contributed by atoms with van der Waals surface area (Å²) in [6, 6.07) is 5.72. The first kappa shape index (κ1) is 15.6. The van der Waals surface area contributed by atoms with Crippen molar-refractivity contribution in [2.75, 3.05) is 6.61 Å². The molecule has 0 saturated carbocycles. The van der Waals surface area contributed by atoms with E-state index in [0.717, 1.165) is 0 Å². The molecule has 1 aromatic rings. The average Bonchev–Trinajstić information content (AvgIpc) is 2.40. The number of carbonyl (C=O) groups excluding carboxylic acids is 3. The molecule has 2 amide bonds. The lowest BCUT2D eigenvalue weighted by Gasteiger charge is -2.01. The van der Waals surface area contributed by atoms with Gasteiger partial charge in [-0.25, -0.2) is 4.79 Å². The fourth-order valence-corrected chi connectivity index (χ4v) is 1.34. The molecule has 0 radical (unpaired) electrons. The highest BCUT2D eigenvalue weighted by Gasteiger charge is 2.32. The Morgan fingerprint density at radius 2 is 1.90 bits per heavy atom. The Morgan fingerprint density at radius 3 is 2.40 bits per heavy atom. The summed E-state index contributed by atoms with van der Waals surface area (Å²) >= 11 is 5.66. The Hall–Kier alpha value is -2.50. The van der Waals surface area contributed by atoms with Crippen molar-refractivity contribution in [2.45, 2.75) is 6.92 Å². The largest absolute Gasteiger partial charge is 0.463 e. The van der Waals surface area contributed by atoms with Gasteiger partial charge in [-0.1, -0.05) is 11.6 Å². The molecule has 8 heteroatoms. The van der Waals surface area contributed by atoms with Crippen LogP contribution in [0.1, 0.15) is 17.3 Å². The smallest absolute Gasteiger partial charge is 0.457 e. The minimum absolute atomic E-state index is 0.00371. The maximum Gasteiger partial charge on any atom is 0.463 e. The molecule has 1 aromatic carbocycles. The Labute approximate surface area is 119 Å². The monoisotopic (exact) mass is 295 g/mol. The zero-order valence-electron chi connectivity index (χ0n) is 10.4. The van der Waals surface area contributed by atoms with Crippen molar-refractivity contribution >= 4 is 35.1 Å². The molecule has 0 aliphatic carbocycles. The fourth-order valence-electron chi connectivity index (χ4n) is 1.21. The van der Waals surface area contributed by atoms with Gasteiger partial charge >= 0.3 is 17.6 Å². The summed E-state index contributed by atoms with van der Waals surface area (Å²) in [6.45, 7) is 1.51. The number of benzene rings is 1. The number of nitrogens with zero attached hydrogens (tertiary/aromatic N) is 2. The Morgan fingerprint density at radius 1 is 1.30 bits per heavy atom. The van der Waals surface area contributed by atoms with Gasteiger partial charge in [0.05, 0.1) is 6.61 Å². The molecule has 0 saturated heterocycles. The van der Waals surface area contributed by atoms with E-state index in [1.165, 1.54) is 31.2 Å². The normalized spacial score (nSPS) is 9.30. The van der Waals surface area contributed by atoms with E-state index >= 15 is 0 Å². The van der Waals surface area contributed by atoms with E-state index in [1.54, 1.807) is 0 Å². The second-order valence-electron chi connectivity index (χ2n) is 3.46. The number of imide groups is 1. The van der Waals surface area contributed by atoms with Crippen LogP contribution in [0.25, 0.3) is 5.53 Å². The minimum atomic E-state index is -1.16. The van der Waals surface area contributed by atoms with Crippen molar-refractivity contribution in [2.24, 2.45) is 0 Å². The van der Waals surface area contributed by atoms with E-state index in [-0.39, 0.29) is 12.2 Å². The number of esters is 1. The lowest BCUT2D eigenvalue weighted by molar-refractivity contribution is -0.141. The van der Waals surface area contributed by atoms with E-state index < -0.39 is 23.5 Å². The van der Waals surface area contributed by atoms with Gasteiger partial charge in [0.15, 0.2) is 0 Å². The zero-order valence-corrected chi connectivity index (χ0v) is 11.2. The average molecular weight is 296 g/mol. The van der Waals surface area contributed by atoms with Gasteiger partial charge in [0.25, 0.3) is 5.91 Å². The van der Waals surface area contributed by atoms with Crippen LogP contribution in [-0.4, -0.2) is 34.9 Å². The number of halogens is 1. The van der Waals surface area contributed by atoms with Crippen LogP contribution in [0.3, 0.4) is 0 Å². The lowest BCUT2D eigenvalue weighted by atomic mass is 10.2. The van der Waals surface area contributed by atoms with Crippen LogP contribution in [0.2, 0.25) is 5.02 Å². The topological polar surface area (TPSA) is 109 Å². The number of nitrogens with one attached hydrogen (secondary N) is 1. The highest BCUT2D eigenvalue weighted by molar-refractivity contribution is 6.62. The molecule has 1 N–H and O–H groups in total. The molecule has 0 heterocycles. The van der Waals surface area contributed by atoms with Crippen molar-refractivity contribution in [3.05, 3.63) is 40.4 Å². The summed E-state index contributed by atoms with van der Waals surface area (Å²) in [7, 11) is 0.